The standard InChI is InChI=1S/C12H13NO3S/c1-8-12(14)7-11(17-8)6-9-3-2-4-10(5-9)13(15)16/h2-5,8,11H,6-7H2,1H3. The normalized spacial score (nSPS) is 23.9. The van der Waals surface area contributed by atoms with E-state index in [1.807, 2.05) is 13.0 Å². The quantitative estimate of drug-likeness (QED) is 0.612. The van der Waals surface area contributed by atoms with Crippen molar-refractivity contribution in [2.45, 2.75) is 30.3 Å². The van der Waals surface area contributed by atoms with Gasteiger partial charge in [0.25, 0.3) is 5.69 Å². The minimum absolute atomic E-state index is 0.0682. The SMILES string of the molecule is CC1SC(Cc2cccc([N+](=O)[O-])c2)CC1=O. The van der Waals surface area contributed by atoms with Gasteiger partial charge in [-0.25, -0.2) is 0 Å². The number of Topliss-reactive ketones (excluding diaryl/α,β-unsaturated/α-hetero) is 1. The van der Waals surface area contributed by atoms with Crippen LogP contribution in [0.1, 0.15) is 18.9 Å². The number of carbonyl (C=O) groups is 1. The summed E-state index contributed by atoms with van der Waals surface area (Å²) in [5.41, 5.74) is 1.04. The topological polar surface area (TPSA) is 60.2 Å². The molecule has 1 saturated heterocycles. The molecule has 1 aliphatic heterocycles. The predicted molar refractivity (Wildman–Crippen MR) is 67.3 cm³/mol. The van der Waals surface area contributed by atoms with Gasteiger partial charge in [0.15, 0.2) is 0 Å². The van der Waals surface area contributed by atoms with Gasteiger partial charge < -0.3 is 0 Å². The van der Waals surface area contributed by atoms with Gasteiger partial charge in [-0.1, -0.05) is 12.1 Å². The molecule has 5 heteroatoms. The summed E-state index contributed by atoms with van der Waals surface area (Å²) in [6.07, 6.45) is 1.30. The number of hydrogen-bond donors (Lipinski definition) is 0. The monoisotopic (exact) mass is 251 g/mol. The van der Waals surface area contributed by atoms with E-state index in [-0.39, 0.29) is 26.9 Å². The molecule has 90 valence electrons. The highest BCUT2D eigenvalue weighted by Crippen LogP contribution is 2.33. The molecule has 0 N–H and O–H groups in total. The van der Waals surface area contributed by atoms with Crippen LogP contribution in [0.5, 0.6) is 0 Å². The first kappa shape index (κ1) is 12.1. The van der Waals surface area contributed by atoms with E-state index < -0.39 is 0 Å². The van der Waals surface area contributed by atoms with Crippen LogP contribution in [0.15, 0.2) is 24.3 Å². The average molecular weight is 251 g/mol. The van der Waals surface area contributed by atoms with Crippen LogP contribution in [0.25, 0.3) is 0 Å². The van der Waals surface area contributed by atoms with Gasteiger partial charge >= 0.3 is 0 Å². The van der Waals surface area contributed by atoms with Crippen molar-refractivity contribution >= 4 is 23.2 Å². The molecule has 0 spiro atoms. The van der Waals surface area contributed by atoms with Gasteiger partial charge in [-0.3, -0.25) is 14.9 Å². The molecular weight excluding hydrogens is 238 g/mol. The van der Waals surface area contributed by atoms with Gasteiger partial charge in [-0.2, -0.15) is 0 Å². The Balaban J connectivity index is 2.07. The predicted octanol–water partition coefficient (Wildman–Crippen LogP) is 2.60. The van der Waals surface area contributed by atoms with Crippen molar-refractivity contribution < 1.29 is 9.72 Å². The van der Waals surface area contributed by atoms with Gasteiger partial charge in [-0.15, -0.1) is 11.8 Å². The van der Waals surface area contributed by atoms with Crippen molar-refractivity contribution in [1.82, 2.24) is 0 Å². The molecule has 0 amide bonds. The van der Waals surface area contributed by atoms with Gasteiger partial charge in [0.1, 0.15) is 5.78 Å². The highest BCUT2D eigenvalue weighted by atomic mass is 32.2. The lowest BCUT2D eigenvalue weighted by atomic mass is 10.1. The lowest BCUT2D eigenvalue weighted by Crippen LogP contribution is -2.05. The number of ketones is 1. The number of carbonyl (C=O) groups excluding carboxylic acids is 1. The van der Waals surface area contributed by atoms with Crippen molar-refractivity contribution in [3.05, 3.63) is 39.9 Å². The van der Waals surface area contributed by atoms with Crippen LogP contribution >= 0.6 is 11.8 Å². The van der Waals surface area contributed by atoms with Crippen LogP contribution in [-0.2, 0) is 11.2 Å². The van der Waals surface area contributed by atoms with Crippen molar-refractivity contribution in [1.29, 1.82) is 0 Å². The van der Waals surface area contributed by atoms with Gasteiger partial charge in [0, 0.05) is 23.8 Å². The van der Waals surface area contributed by atoms with E-state index in [0.717, 1.165) is 12.0 Å². The molecule has 4 nitrogen and oxygen atoms in total. The maximum atomic E-state index is 11.4. The number of hydrogen-bond acceptors (Lipinski definition) is 4. The molecule has 2 atom stereocenters. The molecule has 1 heterocycles. The molecule has 1 aliphatic rings. The highest BCUT2D eigenvalue weighted by Gasteiger charge is 2.29. The van der Waals surface area contributed by atoms with Crippen LogP contribution in [0.3, 0.4) is 0 Å². The van der Waals surface area contributed by atoms with Crippen LogP contribution < -0.4 is 0 Å². The Hall–Kier alpha value is -1.36. The summed E-state index contributed by atoms with van der Waals surface area (Å²) in [5, 5.41) is 11.0. The van der Waals surface area contributed by atoms with Crippen LogP contribution in [-0.4, -0.2) is 21.2 Å². The third kappa shape index (κ3) is 2.85. The third-order valence-electron chi connectivity index (χ3n) is 2.86. The lowest BCUT2D eigenvalue weighted by molar-refractivity contribution is -0.384. The maximum Gasteiger partial charge on any atom is 0.269 e. The van der Waals surface area contributed by atoms with Crippen LogP contribution in [0.4, 0.5) is 5.69 Å². The van der Waals surface area contributed by atoms with Crippen molar-refractivity contribution in [3.8, 4) is 0 Å². The van der Waals surface area contributed by atoms with E-state index >= 15 is 0 Å². The molecule has 0 aliphatic carbocycles. The molecule has 0 radical (unpaired) electrons. The number of non-ortho nitro benzene ring substituents is 1. The zero-order valence-electron chi connectivity index (χ0n) is 9.46. The molecule has 17 heavy (non-hydrogen) atoms. The fraction of sp³-hybridized carbons (Fsp3) is 0.417. The number of nitro benzene ring substituents is 1. The van der Waals surface area contributed by atoms with Crippen LogP contribution in [0.2, 0.25) is 0 Å². The fourth-order valence-corrected chi connectivity index (χ4v) is 3.36. The number of rotatable bonds is 3. The Morgan fingerprint density at radius 3 is 2.88 bits per heavy atom. The summed E-state index contributed by atoms with van der Waals surface area (Å²) >= 11 is 1.66. The van der Waals surface area contributed by atoms with E-state index in [9.17, 15) is 14.9 Å². The summed E-state index contributed by atoms with van der Waals surface area (Å²) in [4.78, 5) is 21.7. The Morgan fingerprint density at radius 2 is 2.29 bits per heavy atom. The summed E-state index contributed by atoms with van der Waals surface area (Å²) in [7, 11) is 0. The zero-order valence-corrected chi connectivity index (χ0v) is 10.3. The molecule has 0 saturated carbocycles. The van der Waals surface area contributed by atoms with E-state index in [1.54, 1.807) is 23.9 Å². The Kier molecular flexibility index (Phi) is 3.47. The Labute approximate surface area is 104 Å². The smallest absolute Gasteiger partial charge is 0.269 e. The second kappa shape index (κ2) is 4.87. The molecule has 2 unspecified atom stereocenters. The minimum atomic E-state index is -0.390. The largest absolute Gasteiger partial charge is 0.298 e. The second-order valence-electron chi connectivity index (χ2n) is 4.20. The molecule has 2 rings (SSSR count). The van der Waals surface area contributed by atoms with Gasteiger partial charge in [-0.05, 0) is 18.9 Å². The average Bonchev–Trinajstić information content (AvgIpc) is 2.58. The first-order valence-electron chi connectivity index (χ1n) is 5.48. The zero-order chi connectivity index (χ0) is 12.4. The highest BCUT2D eigenvalue weighted by molar-refractivity contribution is 8.01. The molecule has 0 aromatic heterocycles. The van der Waals surface area contributed by atoms with Gasteiger partial charge in [0.05, 0.1) is 10.2 Å². The number of nitro groups is 1. The second-order valence-corrected chi connectivity index (χ2v) is 5.85. The Bertz CT molecular complexity index is 461. The van der Waals surface area contributed by atoms with E-state index in [0.29, 0.717) is 6.42 Å². The van der Waals surface area contributed by atoms with Crippen molar-refractivity contribution in [2.24, 2.45) is 0 Å². The van der Waals surface area contributed by atoms with Crippen LogP contribution in [0, 0.1) is 10.1 Å². The maximum absolute atomic E-state index is 11.4. The first-order chi connectivity index (χ1) is 8.06. The van der Waals surface area contributed by atoms with E-state index in [1.165, 1.54) is 6.07 Å². The van der Waals surface area contributed by atoms with E-state index in [4.69, 9.17) is 0 Å². The first-order valence-corrected chi connectivity index (χ1v) is 6.42. The third-order valence-corrected chi connectivity index (χ3v) is 4.25. The lowest BCUT2D eigenvalue weighted by Gasteiger charge is -2.07. The molecule has 1 aromatic carbocycles. The van der Waals surface area contributed by atoms with Crippen molar-refractivity contribution in [2.75, 3.05) is 0 Å². The number of nitrogens with zero attached hydrogens (tertiary/aromatic N) is 1. The van der Waals surface area contributed by atoms with Gasteiger partial charge in [0.2, 0.25) is 0 Å². The molecule has 1 fully saturated rings. The molecule has 1 aromatic rings. The fourth-order valence-electron chi connectivity index (χ4n) is 1.98. The summed E-state index contributed by atoms with van der Waals surface area (Å²) in [6, 6.07) is 6.65. The summed E-state index contributed by atoms with van der Waals surface area (Å²) in [5.74, 6) is 0.283. The number of benzene rings is 1. The number of thioether (sulfide) groups is 1. The molecule has 0 bridgehead atoms. The summed E-state index contributed by atoms with van der Waals surface area (Å²) in [6.45, 7) is 1.92. The summed E-state index contributed by atoms with van der Waals surface area (Å²) < 4.78 is 0. The minimum Gasteiger partial charge on any atom is -0.298 e. The van der Waals surface area contributed by atoms with E-state index in [2.05, 4.69) is 0 Å². The Morgan fingerprint density at radius 1 is 1.53 bits per heavy atom. The molecular formula is C12H13NO3S. The van der Waals surface area contributed by atoms with Crippen molar-refractivity contribution in [3.63, 3.8) is 0 Å².